The van der Waals surface area contributed by atoms with Crippen LogP contribution in [0, 0.1) is 11.7 Å². The number of nitrogens with zero attached hydrogens (tertiary/aromatic N) is 2. The Hall–Kier alpha value is -3.15. The van der Waals surface area contributed by atoms with Crippen LogP contribution < -0.4 is 0 Å². The fourth-order valence-electron chi connectivity index (χ4n) is 4.16. The molecule has 1 heterocycles. The van der Waals surface area contributed by atoms with E-state index in [0.717, 1.165) is 47.7 Å². The minimum absolute atomic E-state index is 0.0655. The van der Waals surface area contributed by atoms with Crippen molar-refractivity contribution in [3.63, 3.8) is 0 Å². The number of carbonyl (C=O) groups is 2. The monoisotopic (exact) mass is 449 g/mol. The van der Waals surface area contributed by atoms with Crippen molar-refractivity contribution in [3.05, 3.63) is 71.7 Å². The quantitative estimate of drug-likeness (QED) is 0.452. The molecule has 0 saturated heterocycles. The number of hydrogen-bond acceptors (Lipinski definition) is 2. The molecule has 33 heavy (non-hydrogen) atoms. The first-order valence-electron chi connectivity index (χ1n) is 11.9. The van der Waals surface area contributed by atoms with Crippen LogP contribution in [0.1, 0.15) is 43.7 Å². The molecule has 0 bridgehead atoms. The lowest BCUT2D eigenvalue weighted by Gasteiger charge is -2.28. The SMILES string of the molecule is CCCCN(CC(=O)N(CCc1c[nH]c2ccccc12)Cc1ccc(F)cc1)C(=O)C1CC1. The lowest BCUT2D eigenvalue weighted by Crippen LogP contribution is -2.44. The molecule has 0 spiro atoms. The standard InChI is InChI=1S/C27H32FN3O2/c1-2-3-15-31(27(33)21-10-11-21)19-26(32)30(18-20-8-12-23(28)13-9-20)16-14-22-17-29-25-7-5-4-6-24(22)25/h4-9,12-13,17,21,29H,2-3,10-11,14-16,18-19H2,1H3. The van der Waals surface area contributed by atoms with E-state index < -0.39 is 0 Å². The van der Waals surface area contributed by atoms with Gasteiger partial charge in [-0.15, -0.1) is 0 Å². The third-order valence-corrected chi connectivity index (χ3v) is 6.31. The minimum atomic E-state index is -0.295. The first-order valence-corrected chi connectivity index (χ1v) is 11.9. The largest absolute Gasteiger partial charge is 0.361 e. The molecule has 4 rings (SSSR count). The Balaban J connectivity index is 1.49. The minimum Gasteiger partial charge on any atom is -0.361 e. The second-order valence-electron chi connectivity index (χ2n) is 8.94. The lowest BCUT2D eigenvalue weighted by molar-refractivity contribution is -0.141. The number of aromatic amines is 1. The maximum atomic E-state index is 13.4. The van der Waals surface area contributed by atoms with Gasteiger partial charge in [-0.05, 0) is 55.0 Å². The van der Waals surface area contributed by atoms with Crippen LogP contribution in [-0.2, 0) is 22.6 Å². The van der Waals surface area contributed by atoms with Gasteiger partial charge >= 0.3 is 0 Å². The average Bonchev–Trinajstić information content (AvgIpc) is 3.60. The van der Waals surface area contributed by atoms with Crippen LogP contribution in [0.4, 0.5) is 4.39 Å². The molecule has 0 aliphatic heterocycles. The molecule has 1 N–H and O–H groups in total. The molecule has 1 aromatic heterocycles. The fraction of sp³-hybridized carbons (Fsp3) is 0.407. The summed E-state index contributed by atoms with van der Waals surface area (Å²) in [4.78, 5) is 33.0. The summed E-state index contributed by atoms with van der Waals surface area (Å²) in [5, 5.41) is 1.15. The van der Waals surface area contributed by atoms with Gasteiger partial charge in [0.05, 0.1) is 6.54 Å². The third-order valence-electron chi connectivity index (χ3n) is 6.31. The van der Waals surface area contributed by atoms with E-state index in [1.807, 2.05) is 24.4 Å². The highest BCUT2D eigenvalue weighted by atomic mass is 19.1. The predicted molar refractivity (Wildman–Crippen MR) is 128 cm³/mol. The molecule has 3 aromatic rings. The topological polar surface area (TPSA) is 56.4 Å². The highest BCUT2D eigenvalue weighted by molar-refractivity contribution is 5.87. The molecular weight excluding hydrogens is 417 g/mol. The number of hydrogen-bond donors (Lipinski definition) is 1. The van der Waals surface area contributed by atoms with E-state index in [4.69, 9.17) is 0 Å². The van der Waals surface area contributed by atoms with Crippen molar-refractivity contribution >= 4 is 22.7 Å². The molecule has 1 fully saturated rings. The van der Waals surface area contributed by atoms with E-state index in [1.54, 1.807) is 21.9 Å². The summed E-state index contributed by atoms with van der Waals surface area (Å²) < 4.78 is 13.4. The Bertz CT molecular complexity index is 1090. The molecule has 0 atom stereocenters. The zero-order valence-corrected chi connectivity index (χ0v) is 19.2. The van der Waals surface area contributed by atoms with E-state index in [-0.39, 0.29) is 30.1 Å². The Labute approximate surface area is 194 Å². The molecule has 5 nitrogen and oxygen atoms in total. The summed E-state index contributed by atoms with van der Waals surface area (Å²) in [5.41, 5.74) is 3.10. The average molecular weight is 450 g/mol. The number of carbonyl (C=O) groups excluding carboxylic acids is 2. The van der Waals surface area contributed by atoms with E-state index >= 15 is 0 Å². The zero-order chi connectivity index (χ0) is 23.2. The van der Waals surface area contributed by atoms with Gasteiger partial charge < -0.3 is 14.8 Å². The Morgan fingerprint density at radius 3 is 2.52 bits per heavy atom. The van der Waals surface area contributed by atoms with Crippen LogP contribution in [0.2, 0.25) is 0 Å². The maximum Gasteiger partial charge on any atom is 0.242 e. The van der Waals surface area contributed by atoms with Crippen molar-refractivity contribution in [1.29, 1.82) is 0 Å². The fourth-order valence-corrected chi connectivity index (χ4v) is 4.16. The number of aromatic nitrogens is 1. The van der Waals surface area contributed by atoms with Crippen molar-refractivity contribution in [2.75, 3.05) is 19.6 Å². The van der Waals surface area contributed by atoms with Crippen molar-refractivity contribution in [2.24, 2.45) is 5.92 Å². The highest BCUT2D eigenvalue weighted by Crippen LogP contribution is 2.31. The number of nitrogens with one attached hydrogen (secondary N) is 1. The number of halogens is 1. The number of H-pyrrole nitrogens is 1. The zero-order valence-electron chi connectivity index (χ0n) is 19.2. The molecule has 0 radical (unpaired) electrons. The summed E-state index contributed by atoms with van der Waals surface area (Å²) in [6.45, 7) is 3.72. The molecule has 1 aliphatic rings. The van der Waals surface area contributed by atoms with Gasteiger partial charge in [-0.2, -0.15) is 0 Å². The number of unbranched alkanes of at least 4 members (excludes halogenated alkanes) is 1. The summed E-state index contributed by atoms with van der Waals surface area (Å²) in [7, 11) is 0. The van der Waals surface area contributed by atoms with Crippen LogP contribution in [0.25, 0.3) is 10.9 Å². The van der Waals surface area contributed by atoms with Gasteiger partial charge in [-0.1, -0.05) is 43.7 Å². The number of para-hydroxylation sites is 1. The second kappa shape index (κ2) is 10.6. The van der Waals surface area contributed by atoms with Gasteiger partial charge in [0.25, 0.3) is 0 Å². The number of amides is 2. The smallest absolute Gasteiger partial charge is 0.242 e. The van der Waals surface area contributed by atoms with Crippen LogP contribution in [0.5, 0.6) is 0 Å². The highest BCUT2D eigenvalue weighted by Gasteiger charge is 2.34. The normalized spacial score (nSPS) is 13.3. The Morgan fingerprint density at radius 2 is 1.79 bits per heavy atom. The summed E-state index contributed by atoms with van der Waals surface area (Å²) in [5.74, 6) is -0.165. The van der Waals surface area contributed by atoms with Gasteiger partial charge in [0, 0.05) is 42.7 Å². The van der Waals surface area contributed by atoms with Crippen LogP contribution in [-0.4, -0.2) is 46.2 Å². The molecule has 174 valence electrons. The molecule has 0 unspecified atom stereocenters. The summed E-state index contributed by atoms with van der Waals surface area (Å²) >= 11 is 0. The molecule has 1 saturated carbocycles. The van der Waals surface area contributed by atoms with E-state index in [0.29, 0.717) is 26.1 Å². The van der Waals surface area contributed by atoms with E-state index in [9.17, 15) is 14.0 Å². The number of benzene rings is 2. The second-order valence-corrected chi connectivity index (χ2v) is 8.94. The van der Waals surface area contributed by atoms with Crippen molar-refractivity contribution < 1.29 is 14.0 Å². The van der Waals surface area contributed by atoms with E-state index in [1.165, 1.54) is 12.1 Å². The first kappa shape index (κ1) is 23.0. The molecule has 2 amide bonds. The Kier molecular flexibility index (Phi) is 7.43. The maximum absolute atomic E-state index is 13.4. The molecular formula is C27H32FN3O2. The van der Waals surface area contributed by atoms with Crippen LogP contribution in [0.15, 0.2) is 54.7 Å². The van der Waals surface area contributed by atoms with Crippen LogP contribution >= 0.6 is 0 Å². The van der Waals surface area contributed by atoms with Crippen molar-refractivity contribution in [3.8, 4) is 0 Å². The summed E-state index contributed by atoms with van der Waals surface area (Å²) in [6, 6.07) is 14.4. The van der Waals surface area contributed by atoms with Crippen LogP contribution in [0.3, 0.4) is 0 Å². The van der Waals surface area contributed by atoms with Crippen molar-refractivity contribution in [1.82, 2.24) is 14.8 Å². The van der Waals surface area contributed by atoms with Gasteiger partial charge in [0.1, 0.15) is 5.82 Å². The number of rotatable bonds is 11. The predicted octanol–water partition coefficient (Wildman–Crippen LogP) is 4.92. The van der Waals surface area contributed by atoms with Crippen molar-refractivity contribution in [2.45, 2.75) is 45.6 Å². The molecule has 1 aliphatic carbocycles. The lowest BCUT2D eigenvalue weighted by atomic mass is 10.1. The molecule has 6 heteroatoms. The Morgan fingerprint density at radius 1 is 1.03 bits per heavy atom. The third kappa shape index (κ3) is 6.01. The van der Waals surface area contributed by atoms with Gasteiger partial charge in [0.2, 0.25) is 11.8 Å². The number of fused-ring (bicyclic) bond motifs is 1. The van der Waals surface area contributed by atoms with E-state index in [2.05, 4.69) is 18.0 Å². The molecule has 2 aromatic carbocycles. The summed E-state index contributed by atoms with van der Waals surface area (Å²) in [6.07, 6.45) is 6.41. The van der Waals surface area contributed by atoms with Gasteiger partial charge in [0.15, 0.2) is 0 Å². The first-order chi connectivity index (χ1) is 16.0. The van der Waals surface area contributed by atoms with Gasteiger partial charge in [-0.25, -0.2) is 4.39 Å². The van der Waals surface area contributed by atoms with Gasteiger partial charge in [-0.3, -0.25) is 9.59 Å².